The molecule has 0 heterocycles. The van der Waals surface area contributed by atoms with Gasteiger partial charge >= 0.3 is 5.69 Å². The van der Waals surface area contributed by atoms with Gasteiger partial charge in [0.2, 0.25) is 0 Å². The van der Waals surface area contributed by atoms with Crippen LogP contribution >= 0.6 is 0 Å². The molecule has 0 unspecified atom stereocenters. The summed E-state index contributed by atoms with van der Waals surface area (Å²) in [6.07, 6.45) is 0. The van der Waals surface area contributed by atoms with E-state index in [1.807, 2.05) is 0 Å². The Morgan fingerprint density at radius 2 is 1.85 bits per heavy atom. The summed E-state index contributed by atoms with van der Waals surface area (Å²) in [5.41, 5.74) is 0.265. The number of nitro benzene ring substituents is 1. The number of halogens is 1. The summed E-state index contributed by atoms with van der Waals surface area (Å²) in [6, 6.07) is 8.46. The molecule has 0 fully saturated rings. The minimum atomic E-state index is -0.619. The van der Waals surface area contributed by atoms with Crippen molar-refractivity contribution in [2.45, 2.75) is 6.54 Å². The van der Waals surface area contributed by atoms with E-state index in [-0.39, 0.29) is 23.7 Å². The number of hydrogen-bond donors (Lipinski definition) is 0. The summed E-state index contributed by atoms with van der Waals surface area (Å²) in [5.74, 6) is -0.572. The monoisotopic (exact) mass is 378 g/mol. The van der Waals surface area contributed by atoms with Gasteiger partial charge in [0, 0.05) is 13.6 Å². The van der Waals surface area contributed by atoms with Gasteiger partial charge < -0.3 is 19.1 Å². The molecular weight excluding hydrogens is 359 g/mol. The quantitative estimate of drug-likeness (QED) is 0.518. The number of likely N-dealkylation sites (N-methyl/N-ethyl adjacent to an activating group) is 1. The molecule has 0 bridgehead atoms. The lowest BCUT2D eigenvalue weighted by molar-refractivity contribution is -0.385. The highest BCUT2D eigenvalue weighted by Crippen LogP contribution is 2.31. The van der Waals surface area contributed by atoms with Crippen molar-refractivity contribution in [1.82, 2.24) is 4.90 Å². The number of nitro groups is 1. The Hall–Kier alpha value is -3.36. The molecule has 0 aliphatic heterocycles. The Bertz CT molecular complexity index is 843. The van der Waals surface area contributed by atoms with E-state index < -0.39 is 23.3 Å². The number of methoxy groups -OCH3 is 2. The molecule has 2 aromatic rings. The van der Waals surface area contributed by atoms with E-state index in [9.17, 15) is 19.3 Å². The van der Waals surface area contributed by atoms with Gasteiger partial charge in [0.05, 0.1) is 25.2 Å². The van der Waals surface area contributed by atoms with E-state index in [0.29, 0.717) is 11.3 Å². The highest BCUT2D eigenvalue weighted by atomic mass is 19.1. The van der Waals surface area contributed by atoms with Crippen molar-refractivity contribution in [3.05, 3.63) is 57.9 Å². The summed E-state index contributed by atoms with van der Waals surface area (Å²) in [7, 11) is 4.28. The highest BCUT2D eigenvalue weighted by molar-refractivity contribution is 5.77. The summed E-state index contributed by atoms with van der Waals surface area (Å²) >= 11 is 0. The van der Waals surface area contributed by atoms with E-state index in [4.69, 9.17) is 14.2 Å². The smallest absolute Gasteiger partial charge is 0.314 e. The van der Waals surface area contributed by atoms with E-state index in [1.54, 1.807) is 6.07 Å². The number of amides is 1. The van der Waals surface area contributed by atoms with Crippen molar-refractivity contribution in [2.75, 3.05) is 27.9 Å². The van der Waals surface area contributed by atoms with Gasteiger partial charge in [-0.15, -0.1) is 0 Å². The third-order valence-corrected chi connectivity index (χ3v) is 3.78. The Balaban J connectivity index is 2.01. The molecule has 0 saturated carbocycles. The van der Waals surface area contributed by atoms with E-state index >= 15 is 0 Å². The van der Waals surface area contributed by atoms with Crippen molar-refractivity contribution >= 4 is 11.6 Å². The van der Waals surface area contributed by atoms with Gasteiger partial charge in [-0.2, -0.15) is 0 Å². The zero-order valence-electron chi connectivity index (χ0n) is 15.1. The lowest BCUT2D eigenvalue weighted by Crippen LogP contribution is -2.31. The van der Waals surface area contributed by atoms with Crippen LogP contribution in [0.5, 0.6) is 17.2 Å². The average Bonchev–Trinajstić information content (AvgIpc) is 2.65. The first-order chi connectivity index (χ1) is 12.8. The maximum atomic E-state index is 13.7. The van der Waals surface area contributed by atoms with Crippen LogP contribution in [0.3, 0.4) is 0 Å². The molecule has 0 aliphatic rings. The van der Waals surface area contributed by atoms with Crippen molar-refractivity contribution in [3.63, 3.8) is 0 Å². The lowest BCUT2D eigenvalue weighted by atomic mass is 10.2. The van der Waals surface area contributed by atoms with Crippen LogP contribution in [-0.2, 0) is 11.3 Å². The molecule has 2 rings (SSSR count). The van der Waals surface area contributed by atoms with Crippen LogP contribution in [0.25, 0.3) is 0 Å². The summed E-state index contributed by atoms with van der Waals surface area (Å²) in [6.45, 7) is -0.254. The summed E-state index contributed by atoms with van der Waals surface area (Å²) < 4.78 is 28.8. The molecule has 27 heavy (non-hydrogen) atoms. The van der Waals surface area contributed by atoms with Gasteiger partial charge in [0.25, 0.3) is 5.91 Å². The van der Waals surface area contributed by atoms with Crippen LogP contribution in [0, 0.1) is 15.9 Å². The first-order valence-electron chi connectivity index (χ1n) is 7.87. The van der Waals surface area contributed by atoms with E-state index in [1.165, 1.54) is 56.5 Å². The van der Waals surface area contributed by atoms with Gasteiger partial charge in [0.1, 0.15) is 5.75 Å². The molecule has 0 atom stereocenters. The van der Waals surface area contributed by atoms with Crippen molar-refractivity contribution in [1.29, 1.82) is 0 Å². The number of hydrogen-bond acceptors (Lipinski definition) is 6. The zero-order valence-corrected chi connectivity index (χ0v) is 15.1. The molecule has 2 aromatic carbocycles. The lowest BCUT2D eigenvalue weighted by Gasteiger charge is -2.18. The Morgan fingerprint density at radius 3 is 2.44 bits per heavy atom. The van der Waals surface area contributed by atoms with Crippen LogP contribution in [0.1, 0.15) is 5.56 Å². The molecule has 0 aromatic heterocycles. The maximum Gasteiger partial charge on any atom is 0.314 e. The van der Waals surface area contributed by atoms with Gasteiger partial charge in [-0.1, -0.05) is 6.07 Å². The van der Waals surface area contributed by atoms with Crippen LogP contribution in [0.15, 0.2) is 36.4 Å². The van der Waals surface area contributed by atoms with Crippen LogP contribution in [-0.4, -0.2) is 43.6 Å². The third kappa shape index (κ3) is 5.06. The molecule has 8 nitrogen and oxygen atoms in total. The Labute approximate surface area is 155 Å². The van der Waals surface area contributed by atoms with Gasteiger partial charge in [-0.25, -0.2) is 4.39 Å². The Kier molecular flexibility index (Phi) is 6.53. The number of nitrogens with zero attached hydrogens (tertiary/aromatic N) is 2. The first-order valence-corrected chi connectivity index (χ1v) is 7.87. The number of rotatable bonds is 8. The predicted molar refractivity (Wildman–Crippen MR) is 94.6 cm³/mol. The first kappa shape index (κ1) is 20.0. The molecule has 0 radical (unpaired) electrons. The fraction of sp³-hybridized carbons (Fsp3) is 0.278. The van der Waals surface area contributed by atoms with E-state index in [0.717, 1.165) is 0 Å². The highest BCUT2D eigenvalue weighted by Gasteiger charge is 2.19. The SMILES string of the molecule is COc1ccc(OCC(=O)N(C)Cc2ccc(OC)c(F)c2)c([N+](=O)[O-])c1. The molecule has 0 saturated heterocycles. The number of carbonyl (C=O) groups excluding carboxylic acids is 1. The number of benzene rings is 2. The van der Waals surface area contributed by atoms with Gasteiger partial charge in [0.15, 0.2) is 23.9 Å². The fourth-order valence-corrected chi connectivity index (χ4v) is 2.31. The van der Waals surface area contributed by atoms with E-state index in [2.05, 4.69) is 0 Å². The van der Waals surface area contributed by atoms with Crippen molar-refractivity contribution in [3.8, 4) is 17.2 Å². The fourth-order valence-electron chi connectivity index (χ4n) is 2.31. The molecule has 0 spiro atoms. The maximum absolute atomic E-state index is 13.7. The van der Waals surface area contributed by atoms with Crippen LogP contribution < -0.4 is 14.2 Å². The van der Waals surface area contributed by atoms with Crippen molar-refractivity contribution in [2.24, 2.45) is 0 Å². The van der Waals surface area contributed by atoms with Crippen LogP contribution in [0.2, 0.25) is 0 Å². The molecule has 1 amide bonds. The largest absolute Gasteiger partial charge is 0.496 e. The summed E-state index contributed by atoms with van der Waals surface area (Å²) in [5, 5.41) is 11.1. The van der Waals surface area contributed by atoms with Gasteiger partial charge in [-0.3, -0.25) is 14.9 Å². The molecule has 144 valence electrons. The van der Waals surface area contributed by atoms with Crippen LogP contribution in [0.4, 0.5) is 10.1 Å². The topological polar surface area (TPSA) is 91.1 Å². The average molecular weight is 378 g/mol. The zero-order chi connectivity index (χ0) is 20.0. The summed E-state index contributed by atoms with van der Waals surface area (Å²) in [4.78, 5) is 24.1. The van der Waals surface area contributed by atoms with Gasteiger partial charge in [-0.05, 0) is 29.8 Å². The minimum absolute atomic E-state index is 0.0435. The normalized spacial score (nSPS) is 10.2. The minimum Gasteiger partial charge on any atom is -0.496 e. The molecular formula is C18H19FN2O6. The predicted octanol–water partition coefficient (Wildman–Crippen LogP) is 2.79. The Morgan fingerprint density at radius 1 is 1.15 bits per heavy atom. The molecule has 9 heteroatoms. The standard InChI is InChI=1S/C18H19FN2O6/c1-20(10-12-4-6-16(26-3)14(19)8-12)18(22)11-27-17-7-5-13(25-2)9-15(17)21(23)24/h4-9H,10-11H2,1-3H3. The molecule has 0 aliphatic carbocycles. The number of carbonyl (C=O) groups is 1. The number of ether oxygens (including phenoxy) is 3. The second-order valence-electron chi connectivity index (χ2n) is 5.60. The molecule has 0 N–H and O–H groups in total. The third-order valence-electron chi connectivity index (χ3n) is 3.78. The van der Waals surface area contributed by atoms with Crippen molar-refractivity contribution < 1.29 is 28.3 Å². The second kappa shape index (κ2) is 8.84. The second-order valence-corrected chi connectivity index (χ2v) is 5.60.